The predicted molar refractivity (Wildman–Crippen MR) is 103 cm³/mol. The summed E-state index contributed by atoms with van der Waals surface area (Å²) < 4.78 is 86.9. The van der Waals surface area contributed by atoms with Crippen molar-refractivity contribution in [2.75, 3.05) is 0 Å². The van der Waals surface area contributed by atoms with Crippen molar-refractivity contribution in [2.24, 2.45) is 0 Å². The van der Waals surface area contributed by atoms with Crippen LogP contribution in [0.5, 0.6) is 0 Å². The predicted octanol–water partition coefficient (Wildman–Crippen LogP) is -0.546. The largest absolute Gasteiger partial charge is 0.490 e. The number of aliphatic hydroxyl groups is 1. The Morgan fingerprint density at radius 1 is 0.486 bits per heavy atom. The monoisotopic (exact) mass is 672 g/mol. The van der Waals surface area contributed by atoms with Crippen molar-refractivity contribution in [3.8, 4) is 0 Å². The van der Waals surface area contributed by atoms with E-state index in [1.54, 1.807) is 0 Å². The lowest BCUT2D eigenvalue weighted by Gasteiger charge is -2.23. The van der Waals surface area contributed by atoms with Crippen molar-refractivity contribution in [1.29, 1.82) is 0 Å². The van der Waals surface area contributed by atoms with Crippen LogP contribution in [0, 0.1) is 0 Å². The van der Waals surface area contributed by atoms with Crippen LogP contribution in [-0.4, -0.2) is 73.3 Å². The van der Waals surface area contributed by atoms with Gasteiger partial charge in [-0.1, -0.05) is 0 Å². The molecule has 0 spiro atoms. The fraction of sp³-hybridized carbons (Fsp3) is 0.500. The number of carboxylic acid groups (broad SMARTS) is 3. The van der Waals surface area contributed by atoms with E-state index in [4.69, 9.17) is 49.8 Å². The topological polar surface area (TPSA) is 411 Å². The summed E-state index contributed by atoms with van der Waals surface area (Å²) in [7, 11) is -36.7. The highest BCUT2D eigenvalue weighted by Crippen LogP contribution is 2.79. The minimum atomic E-state index is -6.11. The SMILES string of the molecule is O=C(O)CC(O)(CC(=O)O)C(=O)O.O=P1(O)OP(=O)(O)OP(=O)(O)OP(=O)(O)OP(=O)(O)OP(=O)(O)O1. The molecular formula is C6H14O25P6. The number of phosphoric acid groups is 6. The number of hydrogen-bond acceptors (Lipinski definition) is 16. The summed E-state index contributed by atoms with van der Waals surface area (Å²) in [5.41, 5.74) is -2.74. The van der Waals surface area contributed by atoms with E-state index in [-0.39, 0.29) is 0 Å². The molecule has 1 saturated heterocycles. The molecule has 37 heavy (non-hydrogen) atoms. The van der Waals surface area contributed by atoms with Gasteiger partial charge < -0.3 is 49.8 Å². The summed E-state index contributed by atoms with van der Waals surface area (Å²) in [6.45, 7) is 0. The van der Waals surface area contributed by atoms with Crippen LogP contribution in [0.4, 0.5) is 0 Å². The Bertz CT molecular complexity index is 973. The standard InChI is InChI=1S/C6H8O7.H6O18P6/c7-3(8)1-6(13,5(11)12)2-4(9)10;1-19(2)13-20(3,4)15-22(7,8)17-24(11,12)18-23(9,10)16-21(5,6)14-19/h13H,1-2H2,(H,7,8)(H,9,10)(H,11,12);(H,1,2)(H,3,4)(H,5,6)(H,7,8)(H,9,10)(H,11,12). The molecule has 0 aromatic carbocycles. The highest BCUT2D eigenvalue weighted by molar-refractivity contribution is 7.75. The number of hydrogen-bond donors (Lipinski definition) is 10. The Morgan fingerprint density at radius 2 is 0.649 bits per heavy atom. The van der Waals surface area contributed by atoms with E-state index in [2.05, 4.69) is 25.9 Å². The molecular weight excluding hydrogens is 658 g/mol. The first-order valence-electron chi connectivity index (χ1n) is 7.66. The van der Waals surface area contributed by atoms with Gasteiger partial charge >= 0.3 is 64.8 Å². The zero-order chi connectivity index (χ0) is 29.9. The van der Waals surface area contributed by atoms with E-state index < -0.39 is 83.3 Å². The van der Waals surface area contributed by atoms with E-state index in [0.29, 0.717) is 0 Å². The Morgan fingerprint density at radius 3 is 0.757 bits per heavy atom. The van der Waals surface area contributed by atoms with Crippen LogP contribution in [0.25, 0.3) is 0 Å². The normalized spacial score (nSPS) is 39.6. The highest BCUT2D eigenvalue weighted by Gasteiger charge is 2.53. The van der Waals surface area contributed by atoms with Gasteiger partial charge in [0.2, 0.25) is 0 Å². The minimum absolute atomic E-state index is 1.14. The maximum atomic E-state index is 11.2. The number of carboxylic acids is 3. The molecule has 1 aliphatic heterocycles. The molecule has 0 aromatic heterocycles. The highest BCUT2D eigenvalue weighted by atomic mass is 31.3. The van der Waals surface area contributed by atoms with Crippen LogP contribution in [-0.2, 0) is 67.6 Å². The molecule has 0 atom stereocenters. The second-order valence-corrected chi connectivity index (χ2v) is 15.3. The van der Waals surface area contributed by atoms with Crippen molar-refractivity contribution in [3.05, 3.63) is 0 Å². The molecule has 0 radical (unpaired) electrons. The molecule has 1 heterocycles. The van der Waals surface area contributed by atoms with Crippen LogP contribution in [0.2, 0.25) is 0 Å². The number of aliphatic carboxylic acids is 3. The molecule has 0 saturated carbocycles. The Hall–Kier alpha value is -0.730. The van der Waals surface area contributed by atoms with Crippen LogP contribution < -0.4 is 0 Å². The molecule has 0 aromatic rings. The van der Waals surface area contributed by atoms with E-state index in [1.165, 1.54) is 0 Å². The van der Waals surface area contributed by atoms with Gasteiger partial charge in [-0.3, -0.25) is 9.59 Å². The van der Waals surface area contributed by atoms with Gasteiger partial charge in [-0.25, -0.2) is 32.2 Å². The smallest absolute Gasteiger partial charge is 0.481 e. The van der Waals surface area contributed by atoms with Crippen molar-refractivity contribution in [1.82, 2.24) is 0 Å². The molecule has 0 bridgehead atoms. The van der Waals surface area contributed by atoms with E-state index >= 15 is 0 Å². The van der Waals surface area contributed by atoms with Gasteiger partial charge in [-0.05, 0) is 0 Å². The number of carbonyl (C=O) groups is 3. The van der Waals surface area contributed by atoms with Gasteiger partial charge in [0, 0.05) is 0 Å². The third kappa shape index (κ3) is 14.9. The van der Waals surface area contributed by atoms with Crippen LogP contribution in [0.15, 0.2) is 0 Å². The molecule has 10 N–H and O–H groups in total. The Kier molecular flexibility index (Phi) is 12.0. The van der Waals surface area contributed by atoms with Gasteiger partial charge in [0.1, 0.15) is 0 Å². The van der Waals surface area contributed by atoms with Crippen LogP contribution in [0.3, 0.4) is 0 Å². The molecule has 0 aliphatic carbocycles. The van der Waals surface area contributed by atoms with E-state index in [1.807, 2.05) is 0 Å². The summed E-state index contributed by atoms with van der Waals surface area (Å²) in [5, 5.41) is 33.8. The third-order valence-corrected chi connectivity index (χ3v) is 12.4. The first-order valence-corrected chi connectivity index (χ1v) is 16.6. The van der Waals surface area contributed by atoms with E-state index in [9.17, 15) is 41.8 Å². The lowest BCUT2D eigenvalue weighted by atomic mass is 9.96. The summed E-state index contributed by atoms with van der Waals surface area (Å²) in [5.74, 6) is -5.02. The first-order chi connectivity index (χ1) is 16.0. The van der Waals surface area contributed by atoms with Crippen molar-refractivity contribution in [3.63, 3.8) is 0 Å². The van der Waals surface area contributed by atoms with E-state index in [0.717, 1.165) is 0 Å². The second kappa shape index (κ2) is 12.2. The zero-order valence-electron chi connectivity index (χ0n) is 16.7. The van der Waals surface area contributed by atoms with Gasteiger partial charge in [0.25, 0.3) is 0 Å². The van der Waals surface area contributed by atoms with Crippen LogP contribution >= 0.6 is 46.9 Å². The van der Waals surface area contributed by atoms with Gasteiger partial charge in [-0.15, -0.1) is 0 Å². The maximum Gasteiger partial charge on any atom is 0.490 e. The van der Waals surface area contributed by atoms with Gasteiger partial charge in [0.05, 0.1) is 12.8 Å². The lowest BCUT2D eigenvalue weighted by Crippen LogP contribution is -2.42. The molecule has 31 heteroatoms. The van der Waals surface area contributed by atoms with Crippen molar-refractivity contribution < 1.29 is 117 Å². The van der Waals surface area contributed by atoms with Crippen LogP contribution in [0.1, 0.15) is 12.8 Å². The summed E-state index contributed by atoms with van der Waals surface area (Å²) >= 11 is 0. The molecule has 1 fully saturated rings. The Labute approximate surface area is 201 Å². The third-order valence-electron chi connectivity index (χ3n) is 2.52. The minimum Gasteiger partial charge on any atom is -0.481 e. The van der Waals surface area contributed by atoms with Gasteiger partial charge in [0.15, 0.2) is 5.60 Å². The van der Waals surface area contributed by atoms with Crippen molar-refractivity contribution in [2.45, 2.75) is 18.4 Å². The van der Waals surface area contributed by atoms with Crippen molar-refractivity contribution >= 4 is 64.8 Å². The summed E-state index contributed by atoms with van der Waals surface area (Å²) in [6.07, 6.45) is -2.29. The first kappa shape index (κ1) is 36.3. The summed E-state index contributed by atoms with van der Waals surface area (Å²) in [6, 6.07) is 0. The fourth-order valence-electron chi connectivity index (χ4n) is 1.59. The Balaban J connectivity index is 0.000000845. The zero-order valence-corrected chi connectivity index (χ0v) is 22.1. The second-order valence-electron chi connectivity index (χ2n) is 5.78. The molecule has 1 aliphatic rings. The average Bonchev–Trinajstić information content (AvgIpc) is 2.43. The fourth-order valence-corrected chi connectivity index (χ4v) is 10.2. The summed E-state index contributed by atoms with van der Waals surface area (Å²) in [4.78, 5) is 84.1. The molecule has 0 amide bonds. The maximum absolute atomic E-state index is 11.2. The van der Waals surface area contributed by atoms with Gasteiger partial charge in [-0.2, -0.15) is 25.9 Å². The molecule has 25 nitrogen and oxygen atoms in total. The molecule has 1 rings (SSSR count). The molecule has 218 valence electrons. The lowest BCUT2D eigenvalue weighted by molar-refractivity contribution is -0.170. The quantitative estimate of drug-likeness (QED) is 0.164. The molecule has 0 unspecified atom stereocenters. The number of rotatable bonds is 5. The average molecular weight is 672 g/mol.